The van der Waals surface area contributed by atoms with Crippen LogP contribution in [0.25, 0.3) is 0 Å². The lowest BCUT2D eigenvalue weighted by Gasteiger charge is -2.47. The van der Waals surface area contributed by atoms with Gasteiger partial charge in [-0.2, -0.15) is 0 Å². The highest BCUT2D eigenvalue weighted by Gasteiger charge is 2.41. The van der Waals surface area contributed by atoms with E-state index in [0.29, 0.717) is 11.8 Å². The molecular formula is C17H30O2. The van der Waals surface area contributed by atoms with Crippen molar-refractivity contribution in [2.24, 2.45) is 17.3 Å². The minimum absolute atomic E-state index is 0.291. The number of hydrogen-bond donors (Lipinski definition) is 1. The summed E-state index contributed by atoms with van der Waals surface area (Å²) in [5.74, 6) is 0.949. The Balaban J connectivity index is 2.07. The molecule has 0 bridgehead atoms. The van der Waals surface area contributed by atoms with E-state index in [1.54, 1.807) is 0 Å². The van der Waals surface area contributed by atoms with Gasteiger partial charge in [0.05, 0.1) is 0 Å². The van der Waals surface area contributed by atoms with Crippen molar-refractivity contribution in [1.29, 1.82) is 0 Å². The second-order valence-electron chi connectivity index (χ2n) is 7.07. The third-order valence-corrected chi connectivity index (χ3v) is 5.95. The largest absolute Gasteiger partial charge is 0.481 e. The van der Waals surface area contributed by atoms with E-state index in [1.165, 1.54) is 64.2 Å². The quantitative estimate of drug-likeness (QED) is 0.758. The van der Waals surface area contributed by atoms with Crippen LogP contribution in [0, 0.1) is 17.3 Å². The first-order chi connectivity index (χ1) is 9.13. The Morgan fingerprint density at radius 3 is 1.74 bits per heavy atom. The van der Waals surface area contributed by atoms with Gasteiger partial charge in [-0.1, -0.05) is 45.4 Å². The fraction of sp³-hybridized carbons (Fsp3) is 0.941. The molecule has 2 heteroatoms. The fourth-order valence-corrected chi connectivity index (χ4v) is 4.64. The third-order valence-electron chi connectivity index (χ3n) is 5.95. The van der Waals surface area contributed by atoms with Crippen molar-refractivity contribution >= 4 is 5.97 Å². The van der Waals surface area contributed by atoms with Crippen molar-refractivity contribution in [2.75, 3.05) is 0 Å². The number of aliphatic carboxylic acids is 1. The Morgan fingerprint density at radius 2 is 1.37 bits per heavy atom. The molecule has 2 aliphatic carbocycles. The topological polar surface area (TPSA) is 37.3 Å². The van der Waals surface area contributed by atoms with Gasteiger partial charge in [-0.05, 0) is 49.4 Å². The smallest absolute Gasteiger partial charge is 0.303 e. The van der Waals surface area contributed by atoms with Crippen LogP contribution >= 0.6 is 0 Å². The molecule has 0 spiro atoms. The standard InChI is InChI=1S/C17H30O2/c1-17(13-12-16(18)19,14-8-4-2-5-9-14)15-10-6-3-7-11-15/h14-15H,2-13H2,1H3,(H,18,19). The monoisotopic (exact) mass is 266 g/mol. The summed E-state index contributed by atoms with van der Waals surface area (Å²) in [5, 5.41) is 9.07. The zero-order valence-corrected chi connectivity index (χ0v) is 12.5. The van der Waals surface area contributed by atoms with Crippen LogP contribution in [0.5, 0.6) is 0 Å². The van der Waals surface area contributed by atoms with Crippen LogP contribution in [-0.2, 0) is 4.79 Å². The highest BCUT2D eigenvalue weighted by Crippen LogP contribution is 2.51. The molecule has 2 nitrogen and oxygen atoms in total. The number of hydrogen-bond acceptors (Lipinski definition) is 1. The molecule has 110 valence electrons. The zero-order valence-electron chi connectivity index (χ0n) is 12.5. The first-order valence-corrected chi connectivity index (χ1v) is 8.35. The molecule has 0 aliphatic heterocycles. The molecule has 0 amide bonds. The van der Waals surface area contributed by atoms with Gasteiger partial charge < -0.3 is 5.11 Å². The van der Waals surface area contributed by atoms with Gasteiger partial charge in [-0.15, -0.1) is 0 Å². The molecule has 0 saturated heterocycles. The lowest BCUT2D eigenvalue weighted by molar-refractivity contribution is -0.138. The Kier molecular flexibility index (Phi) is 5.29. The molecule has 2 saturated carbocycles. The van der Waals surface area contributed by atoms with Crippen LogP contribution in [0.1, 0.15) is 84.0 Å². The normalized spacial score (nSPS) is 23.4. The van der Waals surface area contributed by atoms with E-state index in [2.05, 4.69) is 6.92 Å². The van der Waals surface area contributed by atoms with Gasteiger partial charge >= 0.3 is 5.97 Å². The third kappa shape index (κ3) is 3.73. The molecule has 0 unspecified atom stereocenters. The summed E-state index contributed by atoms with van der Waals surface area (Å²) >= 11 is 0. The maximum absolute atomic E-state index is 11.0. The second kappa shape index (κ2) is 6.76. The first kappa shape index (κ1) is 14.9. The molecule has 0 radical (unpaired) electrons. The van der Waals surface area contributed by atoms with Gasteiger partial charge in [0.25, 0.3) is 0 Å². The number of rotatable bonds is 5. The molecule has 0 heterocycles. The molecule has 0 aromatic heterocycles. The highest BCUT2D eigenvalue weighted by molar-refractivity contribution is 5.66. The molecule has 2 rings (SSSR count). The van der Waals surface area contributed by atoms with E-state index in [0.717, 1.165) is 18.3 Å². The van der Waals surface area contributed by atoms with Crippen molar-refractivity contribution in [2.45, 2.75) is 84.0 Å². The molecule has 0 atom stereocenters. The fourth-order valence-electron chi connectivity index (χ4n) is 4.64. The van der Waals surface area contributed by atoms with Crippen molar-refractivity contribution in [3.8, 4) is 0 Å². The molecule has 19 heavy (non-hydrogen) atoms. The lowest BCUT2D eigenvalue weighted by atomic mass is 9.58. The molecule has 0 aromatic rings. The Hall–Kier alpha value is -0.530. The van der Waals surface area contributed by atoms with E-state index < -0.39 is 5.97 Å². The van der Waals surface area contributed by atoms with Crippen LogP contribution in [0.3, 0.4) is 0 Å². The number of carboxylic acid groups (broad SMARTS) is 1. The lowest BCUT2D eigenvalue weighted by Crippen LogP contribution is -2.38. The molecule has 2 fully saturated rings. The molecular weight excluding hydrogens is 236 g/mol. The minimum Gasteiger partial charge on any atom is -0.481 e. The SMILES string of the molecule is CC(CCC(=O)O)(C1CCCCC1)C1CCCCC1. The van der Waals surface area contributed by atoms with Crippen molar-refractivity contribution in [1.82, 2.24) is 0 Å². The van der Waals surface area contributed by atoms with Gasteiger partial charge in [0.1, 0.15) is 0 Å². The van der Waals surface area contributed by atoms with Crippen molar-refractivity contribution in [3.05, 3.63) is 0 Å². The van der Waals surface area contributed by atoms with Crippen LogP contribution < -0.4 is 0 Å². The van der Waals surface area contributed by atoms with E-state index in [-0.39, 0.29) is 0 Å². The van der Waals surface area contributed by atoms with Gasteiger partial charge in [0.2, 0.25) is 0 Å². The van der Waals surface area contributed by atoms with Gasteiger partial charge in [-0.3, -0.25) is 4.79 Å². The summed E-state index contributed by atoms with van der Waals surface area (Å²) in [6.45, 7) is 2.42. The van der Waals surface area contributed by atoms with Crippen LogP contribution in [-0.4, -0.2) is 11.1 Å². The first-order valence-electron chi connectivity index (χ1n) is 8.35. The molecule has 0 aromatic carbocycles. The highest BCUT2D eigenvalue weighted by atomic mass is 16.4. The van der Waals surface area contributed by atoms with E-state index in [9.17, 15) is 4.79 Å². The summed E-state index contributed by atoms with van der Waals surface area (Å²) in [5.41, 5.74) is 0.291. The van der Waals surface area contributed by atoms with Gasteiger partial charge in [0, 0.05) is 6.42 Å². The number of carbonyl (C=O) groups is 1. The summed E-state index contributed by atoms with van der Waals surface area (Å²) in [6, 6.07) is 0. The summed E-state index contributed by atoms with van der Waals surface area (Å²) < 4.78 is 0. The summed E-state index contributed by atoms with van der Waals surface area (Å²) in [6.07, 6.45) is 14.8. The maximum Gasteiger partial charge on any atom is 0.303 e. The zero-order chi connectivity index (χ0) is 13.7. The van der Waals surface area contributed by atoms with Crippen LogP contribution in [0.4, 0.5) is 0 Å². The predicted molar refractivity (Wildman–Crippen MR) is 78.1 cm³/mol. The maximum atomic E-state index is 11.0. The average molecular weight is 266 g/mol. The van der Waals surface area contributed by atoms with E-state index >= 15 is 0 Å². The average Bonchev–Trinajstić information content (AvgIpc) is 2.46. The Bertz CT molecular complexity index is 268. The van der Waals surface area contributed by atoms with Gasteiger partial charge in [0.15, 0.2) is 0 Å². The number of carboxylic acids is 1. The minimum atomic E-state index is -0.613. The van der Waals surface area contributed by atoms with Gasteiger partial charge in [-0.25, -0.2) is 0 Å². The molecule has 1 N–H and O–H groups in total. The van der Waals surface area contributed by atoms with Crippen LogP contribution in [0.2, 0.25) is 0 Å². The Morgan fingerprint density at radius 1 is 0.947 bits per heavy atom. The van der Waals surface area contributed by atoms with E-state index in [4.69, 9.17) is 5.11 Å². The van der Waals surface area contributed by atoms with Crippen LogP contribution in [0.15, 0.2) is 0 Å². The molecule has 2 aliphatic rings. The second-order valence-corrected chi connectivity index (χ2v) is 7.07. The summed E-state index contributed by atoms with van der Waals surface area (Å²) in [4.78, 5) is 11.0. The Labute approximate surface area is 118 Å². The van der Waals surface area contributed by atoms with E-state index in [1.807, 2.05) is 0 Å². The summed E-state index contributed by atoms with van der Waals surface area (Å²) in [7, 11) is 0. The van der Waals surface area contributed by atoms with Crippen molar-refractivity contribution < 1.29 is 9.90 Å². The van der Waals surface area contributed by atoms with Crippen molar-refractivity contribution in [3.63, 3.8) is 0 Å². The predicted octanol–water partition coefficient (Wildman–Crippen LogP) is 5.02.